The number of rotatable bonds is 7. The molecule has 0 bridgehead atoms. The fourth-order valence-corrected chi connectivity index (χ4v) is 2.55. The summed E-state index contributed by atoms with van der Waals surface area (Å²) in [4.78, 5) is 2.37. The Bertz CT molecular complexity index is 330. The van der Waals surface area contributed by atoms with Gasteiger partial charge in [-0.05, 0) is 44.0 Å². The summed E-state index contributed by atoms with van der Waals surface area (Å²) in [6.45, 7) is 4.39. The van der Waals surface area contributed by atoms with E-state index < -0.39 is 0 Å². The van der Waals surface area contributed by atoms with Gasteiger partial charge < -0.3 is 4.90 Å². The van der Waals surface area contributed by atoms with Gasteiger partial charge in [0.05, 0.1) is 0 Å². The Hall–Kier alpha value is -0.0500. The lowest BCUT2D eigenvalue weighted by Crippen LogP contribution is -2.21. The van der Waals surface area contributed by atoms with E-state index in [2.05, 4.69) is 59.1 Å². The molecule has 0 saturated heterocycles. The fourth-order valence-electron chi connectivity index (χ4n) is 1.77. The summed E-state index contributed by atoms with van der Waals surface area (Å²) in [6.07, 6.45) is 2.33. The third-order valence-electron chi connectivity index (χ3n) is 3.00. The van der Waals surface area contributed by atoms with Crippen LogP contribution < -0.4 is 0 Å². The fraction of sp³-hybridized carbons (Fsp3) is 0.571. The van der Waals surface area contributed by atoms with E-state index >= 15 is 0 Å². The molecule has 0 aliphatic carbocycles. The second kappa shape index (κ2) is 8.12. The first-order chi connectivity index (χ1) is 8.13. The molecule has 1 nitrogen and oxygen atoms in total. The molecule has 96 valence electrons. The molecule has 0 aromatic heterocycles. The average Bonchev–Trinajstić information content (AvgIpc) is 2.30. The Morgan fingerprint density at radius 3 is 2.65 bits per heavy atom. The molecule has 1 atom stereocenters. The third-order valence-corrected chi connectivity index (χ3v) is 4.00. The van der Waals surface area contributed by atoms with Crippen molar-refractivity contribution in [2.24, 2.45) is 5.92 Å². The standard InChI is InChI=1S/C14H21BrClN/c1-12(7-9-16)8-10-17(2)11-13-5-3-4-6-14(13)15/h3-6,12H,7-11H2,1-2H3. The van der Waals surface area contributed by atoms with Crippen LogP contribution in [0.25, 0.3) is 0 Å². The van der Waals surface area contributed by atoms with E-state index in [0.717, 1.165) is 25.4 Å². The maximum atomic E-state index is 5.74. The van der Waals surface area contributed by atoms with E-state index in [-0.39, 0.29) is 0 Å². The molecular formula is C14H21BrClN. The number of benzene rings is 1. The van der Waals surface area contributed by atoms with E-state index in [9.17, 15) is 0 Å². The summed E-state index contributed by atoms with van der Waals surface area (Å²) < 4.78 is 1.20. The summed E-state index contributed by atoms with van der Waals surface area (Å²) >= 11 is 9.33. The SMILES string of the molecule is CC(CCCl)CCN(C)Cc1ccccc1Br. The van der Waals surface area contributed by atoms with Gasteiger partial charge in [0.15, 0.2) is 0 Å². The van der Waals surface area contributed by atoms with E-state index in [1.54, 1.807) is 0 Å². The van der Waals surface area contributed by atoms with Crippen LogP contribution in [0.3, 0.4) is 0 Å². The van der Waals surface area contributed by atoms with Crippen molar-refractivity contribution in [1.29, 1.82) is 0 Å². The number of nitrogens with zero attached hydrogens (tertiary/aromatic N) is 1. The van der Waals surface area contributed by atoms with Crippen LogP contribution in [0.15, 0.2) is 28.7 Å². The molecular weight excluding hydrogens is 298 g/mol. The van der Waals surface area contributed by atoms with Crippen molar-refractivity contribution in [3.63, 3.8) is 0 Å². The molecule has 1 aromatic carbocycles. The molecule has 0 spiro atoms. The third kappa shape index (κ3) is 5.89. The van der Waals surface area contributed by atoms with Crippen LogP contribution in [-0.2, 0) is 6.54 Å². The van der Waals surface area contributed by atoms with E-state index in [0.29, 0.717) is 5.92 Å². The van der Waals surface area contributed by atoms with Gasteiger partial charge in [-0.25, -0.2) is 0 Å². The van der Waals surface area contributed by atoms with Gasteiger partial charge in [-0.2, -0.15) is 0 Å². The van der Waals surface area contributed by atoms with Crippen molar-refractivity contribution < 1.29 is 0 Å². The molecule has 0 aliphatic rings. The molecule has 0 amide bonds. The first-order valence-corrected chi connectivity index (χ1v) is 7.44. The molecule has 1 rings (SSSR count). The smallest absolute Gasteiger partial charge is 0.0241 e. The molecule has 0 aliphatic heterocycles. The first-order valence-electron chi connectivity index (χ1n) is 6.11. The van der Waals surface area contributed by atoms with E-state index in [4.69, 9.17) is 11.6 Å². The number of halogens is 2. The number of hydrogen-bond acceptors (Lipinski definition) is 1. The highest BCUT2D eigenvalue weighted by atomic mass is 79.9. The van der Waals surface area contributed by atoms with Gasteiger partial charge in [-0.1, -0.05) is 41.1 Å². The van der Waals surface area contributed by atoms with Gasteiger partial charge in [0.2, 0.25) is 0 Å². The van der Waals surface area contributed by atoms with Crippen LogP contribution in [0, 0.1) is 5.92 Å². The summed E-state index contributed by atoms with van der Waals surface area (Å²) in [5.41, 5.74) is 1.35. The molecule has 17 heavy (non-hydrogen) atoms. The summed E-state index contributed by atoms with van der Waals surface area (Å²) in [5, 5.41) is 0. The molecule has 0 heterocycles. The van der Waals surface area contributed by atoms with Crippen molar-refractivity contribution in [3.05, 3.63) is 34.3 Å². The lowest BCUT2D eigenvalue weighted by atomic mass is 10.0. The molecule has 0 fully saturated rings. The summed E-state index contributed by atoms with van der Waals surface area (Å²) in [7, 11) is 2.17. The summed E-state index contributed by atoms with van der Waals surface area (Å²) in [6, 6.07) is 8.41. The lowest BCUT2D eigenvalue weighted by molar-refractivity contribution is 0.296. The van der Waals surface area contributed by atoms with Crippen LogP contribution in [-0.4, -0.2) is 24.4 Å². The highest BCUT2D eigenvalue weighted by molar-refractivity contribution is 9.10. The monoisotopic (exact) mass is 317 g/mol. The Balaban J connectivity index is 2.34. The van der Waals surface area contributed by atoms with Crippen molar-refractivity contribution in [2.45, 2.75) is 26.3 Å². The quantitative estimate of drug-likeness (QED) is 0.667. The number of alkyl halides is 1. The minimum Gasteiger partial charge on any atom is -0.302 e. The zero-order valence-electron chi connectivity index (χ0n) is 10.6. The molecule has 0 saturated carbocycles. The van der Waals surface area contributed by atoms with Gasteiger partial charge in [-0.3, -0.25) is 0 Å². The Morgan fingerprint density at radius 2 is 2.00 bits per heavy atom. The minimum atomic E-state index is 0.717. The molecule has 0 N–H and O–H groups in total. The van der Waals surface area contributed by atoms with Crippen molar-refractivity contribution >= 4 is 27.5 Å². The second-order valence-electron chi connectivity index (χ2n) is 4.70. The van der Waals surface area contributed by atoms with Gasteiger partial charge in [0, 0.05) is 16.9 Å². The maximum Gasteiger partial charge on any atom is 0.0241 e. The normalized spacial score (nSPS) is 13.0. The Kier molecular flexibility index (Phi) is 7.17. The minimum absolute atomic E-state index is 0.717. The molecule has 1 unspecified atom stereocenters. The Labute approximate surface area is 118 Å². The molecule has 1 aromatic rings. The zero-order valence-corrected chi connectivity index (χ0v) is 13.0. The second-order valence-corrected chi connectivity index (χ2v) is 5.93. The van der Waals surface area contributed by atoms with Crippen LogP contribution in [0.5, 0.6) is 0 Å². The van der Waals surface area contributed by atoms with Crippen LogP contribution in [0.4, 0.5) is 0 Å². The Morgan fingerprint density at radius 1 is 1.29 bits per heavy atom. The zero-order chi connectivity index (χ0) is 12.7. The predicted molar refractivity (Wildman–Crippen MR) is 79.6 cm³/mol. The average molecular weight is 319 g/mol. The molecule has 3 heteroatoms. The van der Waals surface area contributed by atoms with Crippen molar-refractivity contribution in [3.8, 4) is 0 Å². The van der Waals surface area contributed by atoms with Crippen LogP contribution in [0.2, 0.25) is 0 Å². The lowest BCUT2D eigenvalue weighted by Gasteiger charge is -2.19. The topological polar surface area (TPSA) is 3.24 Å². The highest BCUT2D eigenvalue weighted by Crippen LogP contribution is 2.18. The van der Waals surface area contributed by atoms with Gasteiger partial charge in [0.25, 0.3) is 0 Å². The van der Waals surface area contributed by atoms with Gasteiger partial charge >= 0.3 is 0 Å². The predicted octanol–water partition coefficient (Wildman–Crippen LogP) is 4.54. The maximum absolute atomic E-state index is 5.74. The first kappa shape index (κ1) is 15.0. The van der Waals surface area contributed by atoms with Crippen molar-refractivity contribution in [1.82, 2.24) is 4.90 Å². The number of hydrogen-bond donors (Lipinski definition) is 0. The highest BCUT2D eigenvalue weighted by Gasteiger charge is 2.06. The van der Waals surface area contributed by atoms with E-state index in [1.165, 1.54) is 16.5 Å². The van der Waals surface area contributed by atoms with Gasteiger partial charge in [-0.15, -0.1) is 11.6 Å². The largest absolute Gasteiger partial charge is 0.302 e. The summed E-state index contributed by atoms with van der Waals surface area (Å²) in [5.74, 6) is 1.49. The van der Waals surface area contributed by atoms with Gasteiger partial charge in [0.1, 0.15) is 0 Å². The van der Waals surface area contributed by atoms with Crippen molar-refractivity contribution in [2.75, 3.05) is 19.5 Å². The van der Waals surface area contributed by atoms with Crippen LogP contribution >= 0.6 is 27.5 Å². The molecule has 0 radical (unpaired) electrons. The van der Waals surface area contributed by atoms with Crippen LogP contribution in [0.1, 0.15) is 25.3 Å². The van der Waals surface area contributed by atoms with E-state index in [1.807, 2.05) is 0 Å².